The number of nitrogens with zero attached hydrogens (tertiary/aromatic N) is 1. The molecule has 8 heteroatoms. The number of hydrogen-bond donors (Lipinski definition) is 2. The summed E-state index contributed by atoms with van der Waals surface area (Å²) in [5.41, 5.74) is 7.20. The van der Waals surface area contributed by atoms with Crippen LogP contribution >= 0.6 is 0 Å². The monoisotopic (exact) mass is 297 g/mol. The zero-order valence-electron chi connectivity index (χ0n) is 10.9. The van der Waals surface area contributed by atoms with E-state index in [-0.39, 0.29) is 12.4 Å². The van der Waals surface area contributed by atoms with Crippen LogP contribution < -0.4 is 15.2 Å². The molecule has 0 amide bonds. The SMILES string of the molecule is C=C(COC)COc1cccc2c1C(N)=NS(=O)(=O)N2. The molecule has 1 aliphatic heterocycles. The van der Waals surface area contributed by atoms with Crippen LogP contribution in [0.1, 0.15) is 5.56 Å². The molecule has 108 valence electrons. The largest absolute Gasteiger partial charge is 0.488 e. The number of amidine groups is 1. The van der Waals surface area contributed by atoms with Gasteiger partial charge < -0.3 is 15.2 Å². The van der Waals surface area contributed by atoms with Gasteiger partial charge in [0, 0.05) is 7.11 Å². The van der Waals surface area contributed by atoms with Crippen molar-refractivity contribution in [2.24, 2.45) is 10.1 Å². The standard InChI is InChI=1S/C12H15N3O4S/c1-8(6-18-2)7-19-10-5-3-4-9-11(10)12(13)15-20(16,17)14-9/h3-5,14H,1,6-7H2,2H3,(H2,13,15). The number of ether oxygens (including phenoxy) is 2. The second kappa shape index (κ2) is 5.51. The van der Waals surface area contributed by atoms with Gasteiger partial charge in [0.05, 0.1) is 17.9 Å². The van der Waals surface area contributed by atoms with Crippen LogP contribution in [-0.2, 0) is 14.9 Å². The molecule has 0 fully saturated rings. The van der Waals surface area contributed by atoms with Crippen molar-refractivity contribution in [3.63, 3.8) is 0 Å². The number of methoxy groups -OCH3 is 1. The third-order valence-electron chi connectivity index (χ3n) is 2.52. The summed E-state index contributed by atoms with van der Waals surface area (Å²) in [6.07, 6.45) is 0. The second-order valence-electron chi connectivity index (χ2n) is 4.20. The normalized spacial score (nSPS) is 15.8. The van der Waals surface area contributed by atoms with Crippen LogP contribution in [0.4, 0.5) is 5.69 Å². The lowest BCUT2D eigenvalue weighted by atomic mass is 10.1. The Morgan fingerprint density at radius 1 is 1.45 bits per heavy atom. The molecule has 0 spiro atoms. The van der Waals surface area contributed by atoms with E-state index in [9.17, 15) is 8.42 Å². The van der Waals surface area contributed by atoms with E-state index < -0.39 is 10.2 Å². The summed E-state index contributed by atoms with van der Waals surface area (Å²) in [5, 5.41) is 0. The zero-order chi connectivity index (χ0) is 14.8. The topological polar surface area (TPSA) is 103 Å². The summed E-state index contributed by atoms with van der Waals surface area (Å²) >= 11 is 0. The molecule has 0 aromatic heterocycles. The Bertz CT molecular complexity index is 667. The molecule has 7 nitrogen and oxygen atoms in total. The van der Waals surface area contributed by atoms with Gasteiger partial charge in [-0.15, -0.1) is 4.40 Å². The lowest BCUT2D eigenvalue weighted by molar-refractivity contribution is 0.212. The Morgan fingerprint density at radius 2 is 2.20 bits per heavy atom. The van der Waals surface area contributed by atoms with Crippen LogP contribution in [0.3, 0.4) is 0 Å². The molecule has 3 N–H and O–H groups in total. The van der Waals surface area contributed by atoms with Gasteiger partial charge >= 0.3 is 10.2 Å². The lowest BCUT2D eigenvalue weighted by Gasteiger charge is -2.19. The number of fused-ring (bicyclic) bond motifs is 1. The summed E-state index contributed by atoms with van der Waals surface area (Å²) in [4.78, 5) is 0. The summed E-state index contributed by atoms with van der Waals surface area (Å²) in [5.74, 6) is 0.329. The van der Waals surface area contributed by atoms with Crippen molar-refractivity contribution >= 4 is 21.7 Å². The fraction of sp³-hybridized carbons (Fsp3) is 0.250. The van der Waals surface area contributed by atoms with Crippen LogP contribution in [0, 0.1) is 0 Å². The van der Waals surface area contributed by atoms with E-state index in [1.165, 1.54) is 0 Å². The van der Waals surface area contributed by atoms with Crippen molar-refractivity contribution in [1.29, 1.82) is 0 Å². The van der Waals surface area contributed by atoms with E-state index in [4.69, 9.17) is 15.2 Å². The Kier molecular flexibility index (Phi) is 3.96. The van der Waals surface area contributed by atoms with E-state index in [1.807, 2.05) is 0 Å². The fourth-order valence-corrected chi connectivity index (χ4v) is 2.61. The molecule has 0 saturated carbocycles. The first-order valence-corrected chi connectivity index (χ1v) is 7.17. The predicted molar refractivity (Wildman–Crippen MR) is 76.2 cm³/mol. The Balaban J connectivity index is 2.27. The number of benzene rings is 1. The molecule has 0 radical (unpaired) electrons. The molecule has 1 aliphatic rings. The number of nitrogens with one attached hydrogen (secondary N) is 1. The molecule has 20 heavy (non-hydrogen) atoms. The highest BCUT2D eigenvalue weighted by molar-refractivity contribution is 7.91. The molecular weight excluding hydrogens is 282 g/mol. The van der Waals surface area contributed by atoms with Gasteiger partial charge in [-0.25, -0.2) is 0 Å². The summed E-state index contributed by atoms with van der Waals surface area (Å²) < 4.78 is 39.1. The molecular formula is C12H15N3O4S. The first-order valence-electron chi connectivity index (χ1n) is 5.73. The lowest BCUT2D eigenvalue weighted by Crippen LogP contribution is -2.27. The number of hydrogen-bond acceptors (Lipinski definition) is 5. The average molecular weight is 297 g/mol. The molecule has 2 rings (SSSR count). The van der Waals surface area contributed by atoms with Gasteiger partial charge in [-0.05, 0) is 17.7 Å². The van der Waals surface area contributed by atoms with Crippen LogP contribution in [0.5, 0.6) is 5.75 Å². The Hall–Kier alpha value is -2.06. The van der Waals surface area contributed by atoms with Gasteiger partial charge in [0.15, 0.2) is 5.84 Å². The second-order valence-corrected chi connectivity index (χ2v) is 5.54. The fourth-order valence-electron chi connectivity index (χ4n) is 1.76. The minimum absolute atomic E-state index is 0.105. The summed E-state index contributed by atoms with van der Waals surface area (Å²) in [7, 11) is -2.22. The van der Waals surface area contributed by atoms with Crippen molar-refractivity contribution in [1.82, 2.24) is 0 Å². The van der Waals surface area contributed by atoms with E-state index in [0.717, 1.165) is 5.57 Å². The van der Waals surface area contributed by atoms with E-state index in [1.54, 1.807) is 25.3 Å². The quantitative estimate of drug-likeness (QED) is 0.776. The number of anilines is 1. The maximum absolute atomic E-state index is 11.4. The van der Waals surface area contributed by atoms with Gasteiger partial charge in [0.25, 0.3) is 0 Å². The number of nitrogens with two attached hydrogens (primary N) is 1. The minimum atomic E-state index is -3.78. The highest BCUT2D eigenvalue weighted by Crippen LogP contribution is 2.30. The summed E-state index contributed by atoms with van der Waals surface area (Å²) in [6, 6.07) is 4.93. The van der Waals surface area contributed by atoms with Crippen molar-refractivity contribution in [2.45, 2.75) is 0 Å². The van der Waals surface area contributed by atoms with E-state index >= 15 is 0 Å². The Morgan fingerprint density at radius 3 is 2.90 bits per heavy atom. The Labute approximate surface area is 117 Å². The van der Waals surface area contributed by atoms with Crippen molar-refractivity contribution in [3.05, 3.63) is 35.9 Å². The molecule has 1 aromatic rings. The van der Waals surface area contributed by atoms with Crippen molar-refractivity contribution < 1.29 is 17.9 Å². The minimum Gasteiger partial charge on any atom is -0.488 e. The molecule has 1 heterocycles. The molecule has 0 unspecified atom stereocenters. The maximum atomic E-state index is 11.4. The van der Waals surface area contributed by atoms with Crippen molar-refractivity contribution in [2.75, 3.05) is 25.0 Å². The number of rotatable bonds is 5. The van der Waals surface area contributed by atoms with Gasteiger partial charge in [0.1, 0.15) is 12.4 Å². The average Bonchev–Trinajstić information content (AvgIpc) is 2.34. The van der Waals surface area contributed by atoms with Gasteiger partial charge in [0.2, 0.25) is 0 Å². The first kappa shape index (κ1) is 14.4. The molecule has 0 saturated heterocycles. The highest BCUT2D eigenvalue weighted by Gasteiger charge is 2.24. The highest BCUT2D eigenvalue weighted by atomic mass is 32.2. The molecule has 0 aliphatic carbocycles. The first-order chi connectivity index (χ1) is 9.43. The predicted octanol–water partition coefficient (Wildman–Crippen LogP) is 0.644. The van der Waals surface area contributed by atoms with E-state index in [0.29, 0.717) is 23.6 Å². The van der Waals surface area contributed by atoms with Crippen molar-refractivity contribution in [3.8, 4) is 5.75 Å². The third-order valence-corrected chi connectivity index (χ3v) is 3.44. The van der Waals surface area contributed by atoms with Gasteiger partial charge in [-0.3, -0.25) is 4.72 Å². The maximum Gasteiger partial charge on any atom is 0.344 e. The van der Waals surface area contributed by atoms with Crippen LogP contribution in [0.2, 0.25) is 0 Å². The van der Waals surface area contributed by atoms with Crippen LogP contribution in [0.25, 0.3) is 0 Å². The third kappa shape index (κ3) is 3.09. The zero-order valence-corrected chi connectivity index (χ0v) is 11.7. The molecule has 0 bridgehead atoms. The van der Waals surface area contributed by atoms with Crippen LogP contribution in [-0.4, -0.2) is 34.6 Å². The van der Waals surface area contributed by atoms with Gasteiger partial charge in [-0.2, -0.15) is 8.42 Å². The van der Waals surface area contributed by atoms with E-state index in [2.05, 4.69) is 15.7 Å². The van der Waals surface area contributed by atoms with Crippen LogP contribution in [0.15, 0.2) is 34.7 Å². The smallest absolute Gasteiger partial charge is 0.344 e. The molecule has 1 aromatic carbocycles. The van der Waals surface area contributed by atoms with Gasteiger partial charge in [-0.1, -0.05) is 12.6 Å². The molecule has 0 atom stereocenters. The summed E-state index contributed by atoms with van der Waals surface area (Å²) in [6.45, 7) is 4.41.